The summed E-state index contributed by atoms with van der Waals surface area (Å²) in [5, 5.41) is 0. The molecule has 0 bridgehead atoms. The fourth-order valence-corrected chi connectivity index (χ4v) is 0.938. The van der Waals surface area contributed by atoms with Crippen molar-refractivity contribution in [2.75, 3.05) is 13.7 Å². The Labute approximate surface area is 86.1 Å². The Morgan fingerprint density at radius 1 is 1.57 bits per heavy atom. The number of aliphatic imine (C=N–C) groups is 1. The number of nitrogens with zero attached hydrogens (tertiary/aromatic N) is 1. The highest BCUT2D eigenvalue weighted by Crippen LogP contribution is 2.08. The summed E-state index contributed by atoms with van der Waals surface area (Å²) in [6, 6.07) is 0. The zero-order valence-corrected chi connectivity index (χ0v) is 9.41. The molecule has 0 amide bonds. The predicted molar refractivity (Wildman–Crippen MR) is 59.5 cm³/mol. The summed E-state index contributed by atoms with van der Waals surface area (Å²) in [6.07, 6.45) is 3.78. The second kappa shape index (κ2) is 7.33. The lowest BCUT2D eigenvalue weighted by atomic mass is 10.3. The van der Waals surface area contributed by atoms with E-state index in [4.69, 9.17) is 9.47 Å². The Morgan fingerprint density at radius 3 is 2.64 bits per heavy atom. The van der Waals surface area contributed by atoms with Crippen molar-refractivity contribution >= 4 is 6.72 Å². The lowest BCUT2D eigenvalue weighted by Gasteiger charge is -2.14. The van der Waals surface area contributed by atoms with E-state index < -0.39 is 0 Å². The van der Waals surface area contributed by atoms with Gasteiger partial charge in [0.05, 0.1) is 6.61 Å². The average molecular weight is 197 g/mol. The van der Waals surface area contributed by atoms with Crippen LogP contribution in [0, 0.1) is 0 Å². The molecule has 0 rings (SSSR count). The molecule has 0 aromatic carbocycles. The molecule has 3 heteroatoms. The third-order valence-corrected chi connectivity index (χ3v) is 1.62. The van der Waals surface area contributed by atoms with Crippen LogP contribution >= 0.6 is 0 Å². The molecule has 0 aliphatic carbocycles. The summed E-state index contributed by atoms with van der Waals surface area (Å²) in [7, 11) is 1.65. The smallest absolute Gasteiger partial charge is 0.119 e. The Morgan fingerprint density at radius 2 is 2.21 bits per heavy atom. The third kappa shape index (κ3) is 5.54. The molecule has 0 radical (unpaired) electrons. The second-order valence-electron chi connectivity index (χ2n) is 3.02. The van der Waals surface area contributed by atoms with Gasteiger partial charge in [0.15, 0.2) is 0 Å². The molecule has 14 heavy (non-hydrogen) atoms. The monoisotopic (exact) mass is 197 g/mol. The van der Waals surface area contributed by atoms with Crippen molar-refractivity contribution in [1.82, 2.24) is 0 Å². The SMILES string of the molecule is C=N/C(C)=C\C(=C/C)O[C@H](C)COC. The molecule has 0 aliphatic heterocycles. The van der Waals surface area contributed by atoms with E-state index in [1.54, 1.807) is 7.11 Å². The van der Waals surface area contributed by atoms with Gasteiger partial charge in [0, 0.05) is 18.9 Å². The van der Waals surface area contributed by atoms with Crippen LogP contribution in [0.25, 0.3) is 0 Å². The number of hydrogen-bond donors (Lipinski definition) is 0. The zero-order chi connectivity index (χ0) is 11.0. The van der Waals surface area contributed by atoms with Crippen molar-refractivity contribution in [2.24, 2.45) is 4.99 Å². The normalized spacial score (nSPS) is 15.1. The van der Waals surface area contributed by atoms with E-state index >= 15 is 0 Å². The number of allylic oxidation sites excluding steroid dienone is 3. The fraction of sp³-hybridized carbons (Fsp3) is 0.545. The highest BCUT2D eigenvalue weighted by Gasteiger charge is 2.03. The Hall–Kier alpha value is -1.09. The molecule has 3 nitrogen and oxygen atoms in total. The van der Waals surface area contributed by atoms with Crippen LogP contribution in [0.4, 0.5) is 0 Å². The summed E-state index contributed by atoms with van der Waals surface area (Å²) < 4.78 is 10.6. The molecular formula is C11H19NO2. The maximum absolute atomic E-state index is 5.58. The largest absolute Gasteiger partial charge is 0.489 e. The number of ether oxygens (including phenoxy) is 2. The number of rotatable bonds is 6. The van der Waals surface area contributed by atoms with Crippen LogP contribution in [0.3, 0.4) is 0 Å². The van der Waals surface area contributed by atoms with Crippen molar-refractivity contribution < 1.29 is 9.47 Å². The van der Waals surface area contributed by atoms with Crippen LogP contribution < -0.4 is 0 Å². The van der Waals surface area contributed by atoms with Crippen molar-refractivity contribution in [1.29, 1.82) is 0 Å². The van der Waals surface area contributed by atoms with E-state index in [1.165, 1.54) is 0 Å². The van der Waals surface area contributed by atoms with Gasteiger partial charge in [0.1, 0.15) is 11.9 Å². The number of hydrogen-bond acceptors (Lipinski definition) is 3. The van der Waals surface area contributed by atoms with Crippen LogP contribution in [0.1, 0.15) is 20.8 Å². The number of methoxy groups -OCH3 is 1. The van der Waals surface area contributed by atoms with Crippen LogP contribution in [-0.4, -0.2) is 26.5 Å². The Bertz CT molecular complexity index is 231. The van der Waals surface area contributed by atoms with Crippen LogP contribution in [0.5, 0.6) is 0 Å². The quantitative estimate of drug-likeness (QED) is 0.372. The van der Waals surface area contributed by atoms with Crippen molar-refractivity contribution in [3.63, 3.8) is 0 Å². The van der Waals surface area contributed by atoms with Gasteiger partial charge in [-0.25, -0.2) is 0 Å². The molecule has 0 fully saturated rings. The van der Waals surface area contributed by atoms with Crippen LogP contribution in [0.15, 0.2) is 28.6 Å². The molecule has 0 saturated carbocycles. The van der Waals surface area contributed by atoms with Gasteiger partial charge < -0.3 is 9.47 Å². The lowest BCUT2D eigenvalue weighted by molar-refractivity contribution is 0.0529. The summed E-state index contributed by atoms with van der Waals surface area (Å²) >= 11 is 0. The standard InChI is InChI=1S/C11H19NO2/c1-6-11(7-9(2)12-4)14-10(3)8-13-5/h6-7,10H,4,8H2,1-3,5H3/b9-7-,11-6+/t10-/m1/s1. The van der Waals surface area contributed by atoms with Crippen molar-refractivity contribution in [3.05, 3.63) is 23.6 Å². The molecule has 1 atom stereocenters. The molecule has 0 aromatic rings. The average Bonchev–Trinajstić information content (AvgIpc) is 2.16. The molecule has 0 saturated heterocycles. The molecule has 0 spiro atoms. The van der Waals surface area contributed by atoms with Gasteiger partial charge in [-0.15, -0.1) is 0 Å². The molecule has 0 unspecified atom stereocenters. The molecule has 0 heterocycles. The van der Waals surface area contributed by atoms with Gasteiger partial charge in [-0.3, -0.25) is 4.99 Å². The maximum atomic E-state index is 5.58. The van der Waals surface area contributed by atoms with Gasteiger partial charge in [-0.1, -0.05) is 0 Å². The van der Waals surface area contributed by atoms with Crippen LogP contribution in [0.2, 0.25) is 0 Å². The highest BCUT2D eigenvalue weighted by atomic mass is 16.5. The van der Waals surface area contributed by atoms with E-state index in [0.29, 0.717) is 6.61 Å². The van der Waals surface area contributed by atoms with E-state index in [0.717, 1.165) is 11.5 Å². The summed E-state index contributed by atoms with van der Waals surface area (Å²) in [6.45, 7) is 9.76. The lowest BCUT2D eigenvalue weighted by Crippen LogP contribution is -2.13. The first kappa shape index (κ1) is 12.9. The van der Waals surface area contributed by atoms with Crippen LogP contribution in [-0.2, 0) is 9.47 Å². The van der Waals surface area contributed by atoms with Gasteiger partial charge in [-0.2, -0.15) is 0 Å². The third-order valence-electron chi connectivity index (χ3n) is 1.62. The van der Waals surface area contributed by atoms with Crippen molar-refractivity contribution in [2.45, 2.75) is 26.9 Å². The topological polar surface area (TPSA) is 30.8 Å². The first-order valence-corrected chi connectivity index (χ1v) is 4.61. The van der Waals surface area contributed by atoms with Gasteiger partial charge in [0.2, 0.25) is 0 Å². The minimum Gasteiger partial charge on any atom is -0.489 e. The Balaban J connectivity index is 4.24. The summed E-state index contributed by atoms with van der Waals surface area (Å²) in [4.78, 5) is 3.79. The zero-order valence-electron chi connectivity index (χ0n) is 9.41. The Kier molecular flexibility index (Phi) is 6.76. The molecule has 80 valence electrons. The molecule has 0 aromatic heterocycles. The highest BCUT2D eigenvalue weighted by molar-refractivity contribution is 5.30. The minimum absolute atomic E-state index is 0.0417. The first-order chi connectivity index (χ1) is 6.63. The molecular weight excluding hydrogens is 178 g/mol. The molecule has 0 aliphatic rings. The van der Waals surface area contributed by atoms with Crippen molar-refractivity contribution in [3.8, 4) is 0 Å². The first-order valence-electron chi connectivity index (χ1n) is 4.61. The van der Waals surface area contributed by atoms with E-state index in [1.807, 2.05) is 32.9 Å². The summed E-state index contributed by atoms with van der Waals surface area (Å²) in [5.74, 6) is 0.791. The van der Waals surface area contributed by atoms with E-state index in [2.05, 4.69) is 11.7 Å². The predicted octanol–water partition coefficient (Wildman–Crippen LogP) is 2.55. The fourth-order valence-electron chi connectivity index (χ4n) is 0.938. The second-order valence-corrected chi connectivity index (χ2v) is 3.02. The van der Waals surface area contributed by atoms with E-state index in [-0.39, 0.29) is 6.10 Å². The van der Waals surface area contributed by atoms with E-state index in [9.17, 15) is 0 Å². The minimum atomic E-state index is 0.0417. The van der Waals surface area contributed by atoms with Gasteiger partial charge >= 0.3 is 0 Å². The summed E-state index contributed by atoms with van der Waals surface area (Å²) in [5.41, 5.74) is 0.836. The van der Waals surface area contributed by atoms with Gasteiger partial charge in [0.25, 0.3) is 0 Å². The molecule has 0 N–H and O–H groups in total. The van der Waals surface area contributed by atoms with Gasteiger partial charge in [-0.05, 0) is 33.6 Å². The maximum Gasteiger partial charge on any atom is 0.119 e.